The highest BCUT2D eigenvalue weighted by molar-refractivity contribution is 5.77. The van der Waals surface area contributed by atoms with Crippen LogP contribution in [-0.2, 0) is 16.1 Å². The summed E-state index contributed by atoms with van der Waals surface area (Å²) in [6, 6.07) is 3.34. The Kier molecular flexibility index (Phi) is 5.56. The molecule has 0 aliphatic carbocycles. The first kappa shape index (κ1) is 15.2. The molecule has 1 rings (SSSR count). The van der Waals surface area contributed by atoms with E-state index in [1.807, 2.05) is 0 Å². The lowest BCUT2D eigenvalue weighted by molar-refractivity contribution is -0.175. The number of halogens is 3. The Morgan fingerprint density at radius 2 is 2.21 bits per heavy atom. The Bertz CT molecular complexity index is 424. The van der Waals surface area contributed by atoms with Crippen molar-refractivity contribution in [2.24, 2.45) is 0 Å². The molecule has 0 spiro atoms. The number of hydrogen-bond donors (Lipinski definition) is 1. The van der Waals surface area contributed by atoms with Crippen LogP contribution in [0.4, 0.5) is 13.2 Å². The number of rotatable bonds is 6. The highest BCUT2D eigenvalue weighted by Crippen LogP contribution is 2.14. The number of pyridine rings is 1. The number of methoxy groups -OCH3 is 1. The fourth-order valence-corrected chi connectivity index (χ4v) is 1.25. The van der Waals surface area contributed by atoms with Crippen molar-refractivity contribution in [3.8, 4) is 5.88 Å². The van der Waals surface area contributed by atoms with E-state index < -0.39 is 25.3 Å². The van der Waals surface area contributed by atoms with Gasteiger partial charge < -0.3 is 14.8 Å². The third kappa shape index (κ3) is 6.05. The zero-order chi connectivity index (χ0) is 14.3. The monoisotopic (exact) mass is 278 g/mol. The number of amides is 1. The van der Waals surface area contributed by atoms with Crippen molar-refractivity contribution in [3.63, 3.8) is 0 Å². The van der Waals surface area contributed by atoms with Gasteiger partial charge in [-0.15, -0.1) is 0 Å². The van der Waals surface area contributed by atoms with Gasteiger partial charge in [0.1, 0.15) is 13.2 Å². The lowest BCUT2D eigenvalue weighted by Gasteiger charge is -2.09. The SMILES string of the molecule is COc1ncccc1CNC(=O)COCC(F)(F)F. The summed E-state index contributed by atoms with van der Waals surface area (Å²) in [6.45, 7) is -2.00. The van der Waals surface area contributed by atoms with Gasteiger partial charge in [0.05, 0.1) is 7.11 Å². The normalized spacial score (nSPS) is 11.2. The summed E-state index contributed by atoms with van der Waals surface area (Å²) in [5, 5.41) is 2.41. The van der Waals surface area contributed by atoms with E-state index in [1.54, 1.807) is 12.1 Å². The molecule has 0 bridgehead atoms. The third-order valence-corrected chi connectivity index (χ3v) is 2.02. The van der Waals surface area contributed by atoms with Gasteiger partial charge in [-0.25, -0.2) is 4.98 Å². The van der Waals surface area contributed by atoms with Gasteiger partial charge in [0.2, 0.25) is 11.8 Å². The Labute approximate surface area is 107 Å². The van der Waals surface area contributed by atoms with Crippen molar-refractivity contribution in [2.75, 3.05) is 20.3 Å². The Morgan fingerprint density at radius 3 is 2.84 bits per heavy atom. The molecule has 0 saturated carbocycles. The van der Waals surface area contributed by atoms with Crippen LogP contribution in [0.3, 0.4) is 0 Å². The van der Waals surface area contributed by atoms with Gasteiger partial charge in [0.25, 0.3) is 0 Å². The summed E-state index contributed by atoms with van der Waals surface area (Å²) in [6.07, 6.45) is -2.91. The number of hydrogen-bond acceptors (Lipinski definition) is 4. The van der Waals surface area contributed by atoms with Crippen LogP contribution in [0.2, 0.25) is 0 Å². The van der Waals surface area contributed by atoms with Crippen LogP contribution in [0.1, 0.15) is 5.56 Å². The second-order valence-corrected chi connectivity index (χ2v) is 3.56. The molecule has 0 fully saturated rings. The molecule has 8 heteroatoms. The molecule has 1 N–H and O–H groups in total. The molecule has 106 valence electrons. The minimum atomic E-state index is -4.44. The van der Waals surface area contributed by atoms with Gasteiger partial charge in [-0.05, 0) is 6.07 Å². The van der Waals surface area contributed by atoms with Crippen molar-refractivity contribution in [1.29, 1.82) is 0 Å². The van der Waals surface area contributed by atoms with Gasteiger partial charge in [-0.3, -0.25) is 4.79 Å². The lowest BCUT2D eigenvalue weighted by atomic mass is 10.2. The van der Waals surface area contributed by atoms with Crippen LogP contribution in [0.15, 0.2) is 18.3 Å². The standard InChI is InChI=1S/C11H13F3N2O3/c1-18-10-8(3-2-4-15-10)5-16-9(17)6-19-7-11(12,13)14/h2-4H,5-7H2,1H3,(H,16,17). The van der Waals surface area contributed by atoms with Crippen LogP contribution >= 0.6 is 0 Å². The van der Waals surface area contributed by atoms with Crippen molar-refractivity contribution in [3.05, 3.63) is 23.9 Å². The molecule has 0 aliphatic rings. The fraction of sp³-hybridized carbons (Fsp3) is 0.455. The summed E-state index contributed by atoms with van der Waals surface area (Å²) in [7, 11) is 1.43. The molecule has 19 heavy (non-hydrogen) atoms. The highest BCUT2D eigenvalue weighted by Gasteiger charge is 2.27. The van der Waals surface area contributed by atoms with Crippen LogP contribution in [0, 0.1) is 0 Å². The molecule has 0 saturated heterocycles. The maximum Gasteiger partial charge on any atom is 0.411 e. The summed E-state index contributed by atoms with van der Waals surface area (Å²) >= 11 is 0. The summed E-state index contributed by atoms with van der Waals surface area (Å²) < 4.78 is 44.5. The average molecular weight is 278 g/mol. The van der Waals surface area contributed by atoms with E-state index >= 15 is 0 Å². The second kappa shape index (κ2) is 6.93. The number of carbonyl (C=O) groups excluding carboxylic acids is 1. The van der Waals surface area contributed by atoms with Crippen LogP contribution in [-0.4, -0.2) is 37.4 Å². The molecule has 1 amide bonds. The predicted molar refractivity (Wildman–Crippen MR) is 59.5 cm³/mol. The quantitative estimate of drug-likeness (QED) is 0.851. The van der Waals surface area contributed by atoms with Crippen LogP contribution in [0.5, 0.6) is 5.88 Å². The average Bonchev–Trinajstić information content (AvgIpc) is 2.35. The number of aromatic nitrogens is 1. The van der Waals surface area contributed by atoms with Gasteiger partial charge in [0.15, 0.2) is 0 Å². The third-order valence-electron chi connectivity index (χ3n) is 2.02. The van der Waals surface area contributed by atoms with Crippen LogP contribution in [0.25, 0.3) is 0 Å². The minimum absolute atomic E-state index is 0.102. The second-order valence-electron chi connectivity index (χ2n) is 3.56. The lowest BCUT2D eigenvalue weighted by Crippen LogP contribution is -2.29. The molecule has 0 aliphatic heterocycles. The Morgan fingerprint density at radius 1 is 1.47 bits per heavy atom. The largest absolute Gasteiger partial charge is 0.481 e. The van der Waals surface area contributed by atoms with E-state index in [9.17, 15) is 18.0 Å². The Balaban J connectivity index is 2.34. The molecule has 0 unspecified atom stereocenters. The number of nitrogens with one attached hydrogen (secondary N) is 1. The van der Waals surface area contributed by atoms with E-state index in [2.05, 4.69) is 15.0 Å². The molecular formula is C11H13F3N2O3. The van der Waals surface area contributed by atoms with Gasteiger partial charge in [0, 0.05) is 18.3 Å². The summed E-state index contributed by atoms with van der Waals surface area (Å²) in [5.74, 6) is -0.297. The zero-order valence-electron chi connectivity index (χ0n) is 10.2. The van der Waals surface area contributed by atoms with E-state index in [0.717, 1.165) is 0 Å². The predicted octanol–water partition coefficient (Wildman–Crippen LogP) is 1.29. The molecule has 0 radical (unpaired) electrons. The first-order chi connectivity index (χ1) is 8.92. The summed E-state index contributed by atoms with van der Waals surface area (Å²) in [4.78, 5) is 15.2. The first-order valence-electron chi connectivity index (χ1n) is 5.31. The number of alkyl halides is 3. The number of carbonyl (C=O) groups is 1. The number of ether oxygens (including phenoxy) is 2. The molecule has 0 aromatic carbocycles. The van der Waals surface area contributed by atoms with Crippen molar-refractivity contribution in [2.45, 2.75) is 12.7 Å². The molecule has 5 nitrogen and oxygen atoms in total. The van der Waals surface area contributed by atoms with E-state index in [-0.39, 0.29) is 6.54 Å². The highest BCUT2D eigenvalue weighted by atomic mass is 19.4. The van der Waals surface area contributed by atoms with Gasteiger partial charge in [-0.2, -0.15) is 13.2 Å². The van der Waals surface area contributed by atoms with Gasteiger partial charge in [-0.1, -0.05) is 6.07 Å². The van der Waals surface area contributed by atoms with Gasteiger partial charge >= 0.3 is 6.18 Å². The molecule has 0 atom stereocenters. The number of nitrogens with zero attached hydrogens (tertiary/aromatic N) is 1. The molecule has 1 aromatic rings. The van der Waals surface area contributed by atoms with Crippen molar-refractivity contribution >= 4 is 5.91 Å². The smallest absolute Gasteiger partial charge is 0.411 e. The van der Waals surface area contributed by atoms with E-state index in [1.165, 1.54) is 13.3 Å². The first-order valence-corrected chi connectivity index (χ1v) is 5.31. The topological polar surface area (TPSA) is 60.5 Å². The van der Waals surface area contributed by atoms with Crippen molar-refractivity contribution in [1.82, 2.24) is 10.3 Å². The summed E-state index contributed by atoms with van der Waals surface area (Å²) in [5.41, 5.74) is 0.620. The van der Waals surface area contributed by atoms with E-state index in [4.69, 9.17) is 4.74 Å². The maximum absolute atomic E-state index is 11.8. The van der Waals surface area contributed by atoms with E-state index in [0.29, 0.717) is 11.4 Å². The fourth-order valence-electron chi connectivity index (χ4n) is 1.25. The zero-order valence-corrected chi connectivity index (χ0v) is 10.2. The van der Waals surface area contributed by atoms with Crippen LogP contribution < -0.4 is 10.1 Å². The molecule has 1 heterocycles. The van der Waals surface area contributed by atoms with Crippen molar-refractivity contribution < 1.29 is 27.4 Å². The molecule has 1 aromatic heterocycles. The Hall–Kier alpha value is -1.83. The molecular weight excluding hydrogens is 265 g/mol. The minimum Gasteiger partial charge on any atom is -0.481 e. The maximum atomic E-state index is 11.8.